The minimum atomic E-state index is -0.616. The van der Waals surface area contributed by atoms with Crippen molar-refractivity contribution >= 4 is 52.3 Å². The molecular formula is C25H25ClN6O4. The minimum absolute atomic E-state index is 0.115. The Bertz CT molecular complexity index is 1210. The molecular weight excluding hydrogens is 484 g/mol. The third-order valence-corrected chi connectivity index (χ3v) is 5.61. The summed E-state index contributed by atoms with van der Waals surface area (Å²) in [7, 11) is 1.54. The Balaban J connectivity index is 1.47. The van der Waals surface area contributed by atoms with Crippen molar-refractivity contribution in [3.8, 4) is 0 Å². The fourth-order valence-electron chi connectivity index (χ4n) is 3.63. The molecule has 1 aliphatic rings. The molecule has 36 heavy (non-hydrogen) atoms. The van der Waals surface area contributed by atoms with Crippen LogP contribution in [0.2, 0.25) is 5.02 Å². The summed E-state index contributed by atoms with van der Waals surface area (Å²) in [6, 6.07) is 20.8. The average Bonchev–Trinajstić information content (AvgIpc) is 2.89. The van der Waals surface area contributed by atoms with E-state index in [2.05, 4.69) is 21.4 Å². The van der Waals surface area contributed by atoms with Gasteiger partial charge in [-0.05, 0) is 60.7 Å². The highest BCUT2D eigenvalue weighted by molar-refractivity contribution is 6.30. The standard InChI is InChI=1S/C25H25ClN6O4/c1-36-23-16-27-15-22(33)31(23)20-13-11-19(12-14-20)29-25(35)32(21-5-3-2-4-6-21)30-24(34)28-18-9-7-17(26)8-10-18/h2-14,23,27H,15-16H2,1H3,(H,29,35)(H2,28,30,34). The number of benzene rings is 3. The second kappa shape index (κ2) is 11.5. The third kappa shape index (κ3) is 6.11. The molecule has 4 rings (SSSR count). The number of hydrogen-bond donors (Lipinski definition) is 4. The fourth-order valence-corrected chi connectivity index (χ4v) is 3.75. The topological polar surface area (TPSA) is 115 Å². The second-order valence-electron chi connectivity index (χ2n) is 7.81. The number of halogens is 1. The molecule has 1 atom stereocenters. The SMILES string of the molecule is COC1CNCC(=O)N1c1ccc(NC(=O)N(NC(=O)Nc2ccc(Cl)cc2)c2ccccc2)cc1. The molecule has 0 aromatic heterocycles. The van der Waals surface area contributed by atoms with Gasteiger partial charge in [0.1, 0.15) is 6.23 Å². The van der Waals surface area contributed by atoms with Gasteiger partial charge in [-0.25, -0.2) is 20.0 Å². The van der Waals surface area contributed by atoms with E-state index < -0.39 is 18.3 Å². The monoisotopic (exact) mass is 508 g/mol. The van der Waals surface area contributed by atoms with E-state index in [0.717, 1.165) is 5.01 Å². The minimum Gasteiger partial charge on any atom is -0.360 e. The maximum Gasteiger partial charge on any atom is 0.345 e. The van der Waals surface area contributed by atoms with Crippen LogP contribution in [0.4, 0.5) is 32.3 Å². The number of methoxy groups -OCH3 is 1. The number of nitrogens with one attached hydrogen (secondary N) is 4. The zero-order chi connectivity index (χ0) is 25.5. The Morgan fingerprint density at radius 1 is 0.972 bits per heavy atom. The van der Waals surface area contributed by atoms with Gasteiger partial charge in [0.25, 0.3) is 0 Å². The largest absolute Gasteiger partial charge is 0.360 e. The molecule has 0 radical (unpaired) electrons. The summed E-state index contributed by atoms with van der Waals surface area (Å²) in [5, 5.41) is 10.1. The number of amides is 5. The van der Waals surface area contributed by atoms with Crippen LogP contribution in [0.15, 0.2) is 78.9 Å². The Kier molecular flexibility index (Phi) is 8.01. The van der Waals surface area contributed by atoms with Crippen LogP contribution in [-0.2, 0) is 9.53 Å². The molecule has 10 nitrogen and oxygen atoms in total. The Labute approximate surface area is 213 Å². The lowest BCUT2D eigenvalue weighted by Crippen LogP contribution is -2.55. The van der Waals surface area contributed by atoms with E-state index in [4.69, 9.17) is 16.3 Å². The summed E-state index contributed by atoms with van der Waals surface area (Å²) in [5.41, 5.74) is 4.64. The molecule has 1 unspecified atom stereocenters. The van der Waals surface area contributed by atoms with E-state index >= 15 is 0 Å². The van der Waals surface area contributed by atoms with E-state index in [9.17, 15) is 14.4 Å². The van der Waals surface area contributed by atoms with Gasteiger partial charge in [0.15, 0.2) is 0 Å². The lowest BCUT2D eigenvalue weighted by molar-refractivity contribution is -0.122. The maximum absolute atomic E-state index is 13.1. The summed E-state index contributed by atoms with van der Waals surface area (Å²) in [6.45, 7) is 0.727. The molecule has 186 valence electrons. The Morgan fingerprint density at radius 2 is 1.61 bits per heavy atom. The van der Waals surface area contributed by atoms with Crippen LogP contribution >= 0.6 is 11.6 Å². The molecule has 0 aliphatic carbocycles. The van der Waals surface area contributed by atoms with Crippen LogP contribution in [-0.4, -0.2) is 44.4 Å². The van der Waals surface area contributed by atoms with Crippen molar-refractivity contribution in [2.24, 2.45) is 0 Å². The van der Waals surface area contributed by atoms with Gasteiger partial charge in [0, 0.05) is 35.7 Å². The van der Waals surface area contributed by atoms with Gasteiger partial charge >= 0.3 is 12.1 Å². The van der Waals surface area contributed by atoms with Crippen molar-refractivity contribution in [1.82, 2.24) is 10.7 Å². The number of carbonyl (C=O) groups excluding carboxylic acids is 3. The van der Waals surface area contributed by atoms with Gasteiger partial charge in [-0.3, -0.25) is 9.69 Å². The van der Waals surface area contributed by atoms with Crippen LogP contribution in [0.3, 0.4) is 0 Å². The Morgan fingerprint density at radius 3 is 2.28 bits per heavy atom. The lowest BCUT2D eigenvalue weighted by Gasteiger charge is -2.34. The molecule has 1 saturated heterocycles. The number of nitrogens with zero attached hydrogens (tertiary/aromatic N) is 2. The molecule has 11 heteroatoms. The van der Waals surface area contributed by atoms with Crippen LogP contribution in [0.5, 0.6) is 0 Å². The third-order valence-electron chi connectivity index (χ3n) is 5.35. The first kappa shape index (κ1) is 25.0. The smallest absolute Gasteiger partial charge is 0.345 e. The van der Waals surface area contributed by atoms with Crippen LogP contribution in [0, 0.1) is 0 Å². The van der Waals surface area contributed by atoms with Gasteiger partial charge in [0.05, 0.1) is 12.2 Å². The molecule has 3 aromatic carbocycles. The number of hydrogen-bond acceptors (Lipinski definition) is 5. The van der Waals surface area contributed by atoms with Crippen molar-refractivity contribution < 1.29 is 19.1 Å². The van der Waals surface area contributed by atoms with Crippen LogP contribution < -0.4 is 31.3 Å². The van der Waals surface area contributed by atoms with Gasteiger partial charge in [0.2, 0.25) is 5.91 Å². The summed E-state index contributed by atoms with van der Waals surface area (Å²) in [5.74, 6) is -0.115. The summed E-state index contributed by atoms with van der Waals surface area (Å²) in [6.07, 6.45) is -0.427. The van der Waals surface area contributed by atoms with E-state index in [0.29, 0.717) is 34.3 Å². The number of ether oxygens (including phenoxy) is 1. The molecule has 5 amide bonds. The van der Waals surface area contributed by atoms with Crippen molar-refractivity contribution in [3.05, 3.63) is 83.9 Å². The van der Waals surface area contributed by atoms with E-state index in [1.54, 1.807) is 90.9 Å². The number of hydrazine groups is 1. The molecule has 3 aromatic rings. The molecule has 4 N–H and O–H groups in total. The number of anilines is 4. The molecule has 0 spiro atoms. The first-order chi connectivity index (χ1) is 17.4. The zero-order valence-corrected chi connectivity index (χ0v) is 20.2. The highest BCUT2D eigenvalue weighted by Crippen LogP contribution is 2.23. The van der Waals surface area contributed by atoms with Crippen molar-refractivity contribution in [2.75, 3.05) is 40.7 Å². The highest BCUT2D eigenvalue weighted by atomic mass is 35.5. The number of carbonyl (C=O) groups is 3. The first-order valence-corrected chi connectivity index (χ1v) is 11.5. The van der Waals surface area contributed by atoms with Crippen LogP contribution in [0.25, 0.3) is 0 Å². The molecule has 1 fully saturated rings. The van der Waals surface area contributed by atoms with Gasteiger partial charge in [-0.15, -0.1) is 0 Å². The Hall–Kier alpha value is -4.12. The molecule has 0 saturated carbocycles. The predicted octanol–water partition coefficient (Wildman–Crippen LogP) is 4.02. The van der Waals surface area contributed by atoms with Crippen LogP contribution in [0.1, 0.15) is 0 Å². The number of rotatable bonds is 5. The van der Waals surface area contributed by atoms with Crippen molar-refractivity contribution in [2.45, 2.75) is 6.23 Å². The van der Waals surface area contributed by atoms with Gasteiger partial charge in [-0.2, -0.15) is 0 Å². The first-order valence-electron chi connectivity index (χ1n) is 11.1. The van der Waals surface area contributed by atoms with E-state index in [1.165, 1.54) is 0 Å². The van der Waals surface area contributed by atoms with Crippen molar-refractivity contribution in [1.29, 1.82) is 0 Å². The van der Waals surface area contributed by atoms with Gasteiger partial charge in [-0.1, -0.05) is 29.8 Å². The summed E-state index contributed by atoms with van der Waals surface area (Å²) < 4.78 is 5.40. The zero-order valence-electron chi connectivity index (χ0n) is 19.4. The molecule has 0 bridgehead atoms. The highest BCUT2D eigenvalue weighted by Gasteiger charge is 2.29. The van der Waals surface area contributed by atoms with Crippen molar-refractivity contribution in [3.63, 3.8) is 0 Å². The normalized spacial score (nSPS) is 15.2. The summed E-state index contributed by atoms with van der Waals surface area (Å²) >= 11 is 5.89. The average molecular weight is 509 g/mol. The quantitative estimate of drug-likeness (QED) is 0.388. The second-order valence-corrected chi connectivity index (χ2v) is 8.24. The fraction of sp³-hybridized carbons (Fsp3) is 0.160. The summed E-state index contributed by atoms with van der Waals surface area (Å²) in [4.78, 5) is 39.7. The number of urea groups is 2. The van der Waals surface area contributed by atoms with Gasteiger partial charge < -0.3 is 20.7 Å². The predicted molar refractivity (Wildman–Crippen MR) is 139 cm³/mol. The van der Waals surface area contributed by atoms with E-state index in [1.807, 2.05) is 0 Å². The number of piperazine rings is 1. The van der Waals surface area contributed by atoms with E-state index in [-0.39, 0.29) is 12.5 Å². The number of para-hydroxylation sites is 1. The molecule has 1 heterocycles. The maximum atomic E-state index is 13.1. The lowest BCUT2D eigenvalue weighted by atomic mass is 10.2. The molecule has 1 aliphatic heterocycles.